The zero-order valence-corrected chi connectivity index (χ0v) is 14.1. The van der Waals surface area contributed by atoms with Gasteiger partial charge in [0.25, 0.3) is 0 Å². The van der Waals surface area contributed by atoms with Crippen molar-refractivity contribution >= 4 is 21.1 Å². The van der Waals surface area contributed by atoms with Crippen LogP contribution < -0.4 is 4.72 Å². The van der Waals surface area contributed by atoms with Crippen molar-refractivity contribution in [2.45, 2.75) is 24.8 Å². The summed E-state index contributed by atoms with van der Waals surface area (Å²) in [5.41, 5.74) is 1.92. The van der Waals surface area contributed by atoms with E-state index in [1.165, 1.54) is 18.2 Å². The van der Waals surface area contributed by atoms with E-state index >= 15 is 0 Å². The highest BCUT2D eigenvalue weighted by molar-refractivity contribution is 7.89. The highest BCUT2D eigenvalue weighted by Crippen LogP contribution is 2.19. The molecular weight excluding hydrogens is 329 g/mol. The lowest BCUT2D eigenvalue weighted by Crippen LogP contribution is -2.26. The summed E-state index contributed by atoms with van der Waals surface area (Å²) in [6.45, 7) is 3.06. The Morgan fingerprint density at radius 2 is 2.08 bits per heavy atom. The minimum atomic E-state index is -3.72. The van der Waals surface area contributed by atoms with Crippen LogP contribution in [0.2, 0.25) is 0 Å². The third kappa shape index (κ3) is 3.32. The number of nitrogens with one attached hydrogen (secondary N) is 1. The number of nitrogens with zero attached hydrogens (tertiary/aromatic N) is 2. The first-order valence-corrected chi connectivity index (χ1v) is 9.17. The molecule has 0 atom stereocenters. The van der Waals surface area contributed by atoms with Crippen molar-refractivity contribution < 1.29 is 12.8 Å². The van der Waals surface area contributed by atoms with Crippen molar-refractivity contribution in [3.8, 4) is 0 Å². The number of pyridine rings is 1. The zero-order valence-electron chi connectivity index (χ0n) is 13.2. The van der Waals surface area contributed by atoms with Crippen LogP contribution in [-0.2, 0) is 23.0 Å². The van der Waals surface area contributed by atoms with E-state index in [0.29, 0.717) is 6.42 Å². The predicted molar refractivity (Wildman–Crippen MR) is 90.7 cm³/mol. The van der Waals surface area contributed by atoms with E-state index in [1.54, 1.807) is 6.20 Å². The molecule has 3 aromatic rings. The van der Waals surface area contributed by atoms with Crippen LogP contribution in [0, 0.1) is 5.82 Å². The van der Waals surface area contributed by atoms with Gasteiger partial charge >= 0.3 is 0 Å². The summed E-state index contributed by atoms with van der Waals surface area (Å²) in [6.07, 6.45) is 4.27. The SMILES string of the molecule is CCn1cc(CCNS(=O)(=O)c2cccc(F)c2)c2cccnc21. The molecule has 0 amide bonds. The minimum absolute atomic E-state index is 0.0693. The number of fused-ring (bicyclic) bond motifs is 1. The van der Waals surface area contributed by atoms with Crippen molar-refractivity contribution in [1.29, 1.82) is 0 Å². The zero-order chi connectivity index (χ0) is 17.2. The molecule has 0 aliphatic rings. The number of sulfonamides is 1. The van der Waals surface area contributed by atoms with Gasteiger partial charge in [-0.25, -0.2) is 22.5 Å². The van der Waals surface area contributed by atoms with Crippen LogP contribution in [0.25, 0.3) is 11.0 Å². The van der Waals surface area contributed by atoms with Gasteiger partial charge in [-0.3, -0.25) is 0 Å². The molecule has 3 rings (SSSR count). The Morgan fingerprint density at radius 3 is 2.83 bits per heavy atom. The molecule has 0 saturated carbocycles. The smallest absolute Gasteiger partial charge is 0.240 e. The fraction of sp³-hybridized carbons (Fsp3) is 0.235. The topological polar surface area (TPSA) is 64.0 Å². The van der Waals surface area contributed by atoms with E-state index in [1.807, 2.05) is 29.8 Å². The number of hydrogen-bond acceptors (Lipinski definition) is 3. The second-order valence-electron chi connectivity index (χ2n) is 5.42. The van der Waals surface area contributed by atoms with Crippen molar-refractivity contribution in [2.24, 2.45) is 0 Å². The van der Waals surface area contributed by atoms with Crippen LogP contribution in [0.5, 0.6) is 0 Å². The quantitative estimate of drug-likeness (QED) is 0.746. The molecule has 1 N–H and O–H groups in total. The maximum Gasteiger partial charge on any atom is 0.240 e. The van der Waals surface area contributed by atoms with Gasteiger partial charge in [-0.05, 0) is 49.2 Å². The van der Waals surface area contributed by atoms with Crippen LogP contribution in [0.1, 0.15) is 12.5 Å². The van der Waals surface area contributed by atoms with E-state index in [0.717, 1.165) is 29.2 Å². The third-order valence-corrected chi connectivity index (χ3v) is 5.31. The van der Waals surface area contributed by atoms with Gasteiger partial charge in [0.05, 0.1) is 4.90 Å². The van der Waals surface area contributed by atoms with Crippen LogP contribution >= 0.6 is 0 Å². The summed E-state index contributed by atoms with van der Waals surface area (Å²) in [5, 5.41) is 1.02. The summed E-state index contributed by atoms with van der Waals surface area (Å²) in [7, 11) is -3.72. The fourth-order valence-corrected chi connectivity index (χ4v) is 3.74. The second-order valence-corrected chi connectivity index (χ2v) is 7.19. The lowest BCUT2D eigenvalue weighted by Gasteiger charge is -2.06. The monoisotopic (exact) mass is 347 g/mol. The van der Waals surface area contributed by atoms with E-state index in [9.17, 15) is 12.8 Å². The standard InChI is InChI=1S/C17H18FN3O2S/c1-2-21-12-13(16-7-4-9-19-17(16)21)8-10-20-24(22,23)15-6-3-5-14(18)11-15/h3-7,9,11-12,20H,2,8,10H2,1H3. The van der Waals surface area contributed by atoms with Gasteiger partial charge in [0.1, 0.15) is 11.5 Å². The lowest BCUT2D eigenvalue weighted by molar-refractivity contribution is 0.577. The largest absolute Gasteiger partial charge is 0.333 e. The van der Waals surface area contributed by atoms with Crippen molar-refractivity contribution in [3.63, 3.8) is 0 Å². The average molecular weight is 347 g/mol. The molecule has 126 valence electrons. The van der Waals surface area contributed by atoms with Gasteiger partial charge in [0, 0.05) is 30.9 Å². The Hall–Kier alpha value is -2.25. The van der Waals surface area contributed by atoms with Gasteiger partial charge < -0.3 is 4.57 Å². The number of aryl methyl sites for hydroxylation is 1. The molecule has 0 fully saturated rings. The molecule has 0 spiro atoms. The summed E-state index contributed by atoms with van der Waals surface area (Å²) >= 11 is 0. The van der Waals surface area contributed by atoms with E-state index in [2.05, 4.69) is 9.71 Å². The van der Waals surface area contributed by atoms with Crippen molar-refractivity contribution in [3.05, 3.63) is 60.2 Å². The molecule has 7 heteroatoms. The summed E-state index contributed by atoms with van der Waals surface area (Å²) in [6, 6.07) is 8.82. The molecule has 2 heterocycles. The first-order valence-electron chi connectivity index (χ1n) is 7.69. The van der Waals surface area contributed by atoms with E-state index < -0.39 is 15.8 Å². The highest BCUT2D eigenvalue weighted by atomic mass is 32.2. The molecule has 0 aliphatic heterocycles. The Labute approximate surface area is 140 Å². The van der Waals surface area contributed by atoms with E-state index in [4.69, 9.17) is 0 Å². The molecule has 5 nitrogen and oxygen atoms in total. The fourth-order valence-electron chi connectivity index (χ4n) is 2.67. The maximum absolute atomic E-state index is 13.2. The normalized spacial score (nSPS) is 11.9. The summed E-state index contributed by atoms with van der Waals surface area (Å²) in [4.78, 5) is 4.30. The van der Waals surface area contributed by atoms with Crippen LogP contribution in [0.15, 0.2) is 53.7 Å². The Balaban J connectivity index is 1.75. The highest BCUT2D eigenvalue weighted by Gasteiger charge is 2.15. The van der Waals surface area contributed by atoms with Crippen molar-refractivity contribution in [1.82, 2.24) is 14.3 Å². The molecule has 0 bridgehead atoms. The predicted octanol–water partition coefficient (Wildman–Crippen LogP) is 2.72. The number of hydrogen-bond donors (Lipinski definition) is 1. The molecule has 1 aromatic carbocycles. The van der Waals surface area contributed by atoms with Crippen LogP contribution in [0.3, 0.4) is 0 Å². The van der Waals surface area contributed by atoms with Gasteiger partial charge in [-0.2, -0.15) is 0 Å². The van der Waals surface area contributed by atoms with Crippen molar-refractivity contribution in [2.75, 3.05) is 6.54 Å². The number of halogens is 1. The first kappa shape index (κ1) is 16.6. The molecule has 0 saturated heterocycles. The second kappa shape index (κ2) is 6.70. The lowest BCUT2D eigenvalue weighted by atomic mass is 10.2. The molecular formula is C17H18FN3O2S. The van der Waals surface area contributed by atoms with Gasteiger partial charge in [-0.15, -0.1) is 0 Å². The molecule has 0 radical (unpaired) electrons. The van der Waals surface area contributed by atoms with Gasteiger partial charge in [0.2, 0.25) is 10.0 Å². The Morgan fingerprint density at radius 1 is 1.25 bits per heavy atom. The summed E-state index contributed by atoms with van der Waals surface area (Å²) in [5.74, 6) is -0.574. The third-order valence-electron chi connectivity index (χ3n) is 3.85. The van der Waals surface area contributed by atoms with Crippen LogP contribution in [0.4, 0.5) is 4.39 Å². The Kier molecular flexibility index (Phi) is 4.64. The minimum Gasteiger partial charge on any atom is -0.333 e. The van der Waals surface area contributed by atoms with Gasteiger partial charge in [0.15, 0.2) is 0 Å². The average Bonchev–Trinajstić information content (AvgIpc) is 2.93. The molecule has 24 heavy (non-hydrogen) atoms. The number of benzene rings is 1. The first-order chi connectivity index (χ1) is 11.5. The molecule has 0 unspecified atom stereocenters. The molecule has 2 aromatic heterocycles. The maximum atomic E-state index is 13.2. The summed E-state index contributed by atoms with van der Waals surface area (Å²) < 4.78 is 42.2. The Bertz CT molecular complexity index is 967. The number of aromatic nitrogens is 2. The van der Waals surface area contributed by atoms with E-state index in [-0.39, 0.29) is 11.4 Å². The van der Waals surface area contributed by atoms with Crippen LogP contribution in [-0.4, -0.2) is 24.5 Å². The number of rotatable bonds is 6. The molecule has 0 aliphatic carbocycles. The van der Waals surface area contributed by atoms with Gasteiger partial charge in [-0.1, -0.05) is 6.07 Å².